The maximum atomic E-state index is 12.3. The summed E-state index contributed by atoms with van der Waals surface area (Å²) in [5, 5.41) is 2.71. The van der Waals surface area contributed by atoms with E-state index in [0.717, 1.165) is 16.8 Å². The molecule has 0 unspecified atom stereocenters. The lowest BCUT2D eigenvalue weighted by molar-refractivity contribution is -0.151. The van der Waals surface area contributed by atoms with Crippen molar-refractivity contribution in [3.63, 3.8) is 0 Å². The Bertz CT molecular complexity index is 861. The Morgan fingerprint density at radius 3 is 2.52 bits per heavy atom. The van der Waals surface area contributed by atoms with E-state index in [1.807, 2.05) is 56.3 Å². The molecule has 2 amide bonds. The highest BCUT2D eigenvalue weighted by Gasteiger charge is 2.36. The van der Waals surface area contributed by atoms with Gasteiger partial charge >= 0.3 is 5.97 Å². The van der Waals surface area contributed by atoms with Crippen LogP contribution < -0.4 is 10.2 Å². The third-order valence-corrected chi connectivity index (χ3v) is 4.57. The molecule has 0 aliphatic carbocycles. The topological polar surface area (TPSA) is 75.7 Å². The van der Waals surface area contributed by atoms with Crippen LogP contribution in [-0.2, 0) is 19.1 Å². The van der Waals surface area contributed by atoms with Crippen molar-refractivity contribution < 1.29 is 19.1 Å². The summed E-state index contributed by atoms with van der Waals surface area (Å²) in [7, 11) is 0. The highest BCUT2D eigenvalue weighted by molar-refractivity contribution is 6.00. The van der Waals surface area contributed by atoms with Crippen LogP contribution in [0.2, 0.25) is 0 Å². The number of para-hydroxylation sites is 1. The van der Waals surface area contributed by atoms with Gasteiger partial charge in [0, 0.05) is 24.3 Å². The summed E-state index contributed by atoms with van der Waals surface area (Å²) >= 11 is 0. The van der Waals surface area contributed by atoms with Gasteiger partial charge in [0.25, 0.3) is 5.91 Å². The van der Waals surface area contributed by atoms with Crippen LogP contribution in [-0.4, -0.2) is 30.9 Å². The Morgan fingerprint density at radius 2 is 1.81 bits per heavy atom. The maximum absolute atomic E-state index is 12.3. The van der Waals surface area contributed by atoms with Crippen molar-refractivity contribution in [1.82, 2.24) is 0 Å². The molecular formula is C21H22N2O4. The van der Waals surface area contributed by atoms with E-state index >= 15 is 0 Å². The Labute approximate surface area is 158 Å². The normalized spacial score (nSPS) is 16.3. The van der Waals surface area contributed by atoms with E-state index in [1.165, 1.54) is 0 Å². The minimum Gasteiger partial charge on any atom is -0.455 e. The highest BCUT2D eigenvalue weighted by Crippen LogP contribution is 2.26. The predicted molar refractivity (Wildman–Crippen MR) is 102 cm³/mol. The molecule has 2 aromatic carbocycles. The SMILES string of the molecule is Cc1ccc(N2C[C@H](C(=O)OCC(=O)Nc3ccccc3C)CC2=O)cc1. The van der Waals surface area contributed by atoms with E-state index in [2.05, 4.69) is 5.32 Å². The maximum Gasteiger partial charge on any atom is 0.311 e. The molecule has 1 heterocycles. The van der Waals surface area contributed by atoms with Crippen LogP contribution >= 0.6 is 0 Å². The van der Waals surface area contributed by atoms with Crippen molar-refractivity contribution in [3.05, 3.63) is 59.7 Å². The fraction of sp³-hybridized carbons (Fsp3) is 0.286. The Hall–Kier alpha value is -3.15. The van der Waals surface area contributed by atoms with E-state index < -0.39 is 17.8 Å². The summed E-state index contributed by atoms with van der Waals surface area (Å²) in [6.45, 7) is 3.74. The largest absolute Gasteiger partial charge is 0.455 e. The van der Waals surface area contributed by atoms with Crippen LogP contribution in [0, 0.1) is 19.8 Å². The van der Waals surface area contributed by atoms with Crippen molar-refractivity contribution in [2.45, 2.75) is 20.3 Å². The van der Waals surface area contributed by atoms with Gasteiger partial charge in [-0.3, -0.25) is 14.4 Å². The lowest BCUT2D eigenvalue weighted by atomic mass is 10.1. The summed E-state index contributed by atoms with van der Waals surface area (Å²) in [6, 6.07) is 14.9. The van der Waals surface area contributed by atoms with Gasteiger partial charge in [-0.2, -0.15) is 0 Å². The minimum atomic E-state index is -0.565. The molecule has 0 spiro atoms. The van der Waals surface area contributed by atoms with Gasteiger partial charge in [0.05, 0.1) is 5.92 Å². The minimum absolute atomic E-state index is 0.0894. The summed E-state index contributed by atoms with van der Waals surface area (Å²) in [6.07, 6.45) is 0.0894. The van der Waals surface area contributed by atoms with Gasteiger partial charge in [0.2, 0.25) is 5.91 Å². The average molecular weight is 366 g/mol. The van der Waals surface area contributed by atoms with Crippen molar-refractivity contribution in [3.8, 4) is 0 Å². The second kappa shape index (κ2) is 8.03. The van der Waals surface area contributed by atoms with Gasteiger partial charge in [-0.15, -0.1) is 0 Å². The summed E-state index contributed by atoms with van der Waals surface area (Å²) in [5.41, 5.74) is 3.46. The Balaban J connectivity index is 1.53. The van der Waals surface area contributed by atoms with E-state index in [9.17, 15) is 14.4 Å². The first-order valence-electron chi connectivity index (χ1n) is 8.83. The molecule has 1 atom stereocenters. The lowest BCUT2D eigenvalue weighted by Crippen LogP contribution is -2.28. The molecule has 2 aromatic rings. The summed E-state index contributed by atoms with van der Waals surface area (Å²) in [4.78, 5) is 38.1. The molecule has 0 saturated carbocycles. The van der Waals surface area contributed by atoms with Crippen molar-refractivity contribution in [2.24, 2.45) is 5.92 Å². The van der Waals surface area contributed by atoms with Crippen LogP contribution in [0.25, 0.3) is 0 Å². The second-order valence-electron chi connectivity index (χ2n) is 6.71. The zero-order valence-corrected chi connectivity index (χ0v) is 15.4. The number of nitrogens with one attached hydrogen (secondary N) is 1. The predicted octanol–water partition coefficient (Wildman–Crippen LogP) is 2.84. The number of benzene rings is 2. The smallest absolute Gasteiger partial charge is 0.311 e. The third-order valence-electron chi connectivity index (χ3n) is 4.57. The van der Waals surface area contributed by atoms with Crippen LogP contribution in [0.4, 0.5) is 11.4 Å². The molecule has 1 saturated heterocycles. The van der Waals surface area contributed by atoms with E-state index in [4.69, 9.17) is 4.74 Å². The molecule has 0 aromatic heterocycles. The number of nitrogens with zero attached hydrogens (tertiary/aromatic N) is 1. The van der Waals surface area contributed by atoms with Gasteiger partial charge in [-0.1, -0.05) is 35.9 Å². The van der Waals surface area contributed by atoms with Gasteiger partial charge in [0.1, 0.15) is 0 Å². The molecule has 6 nitrogen and oxygen atoms in total. The second-order valence-corrected chi connectivity index (χ2v) is 6.71. The molecular weight excluding hydrogens is 344 g/mol. The van der Waals surface area contributed by atoms with Crippen molar-refractivity contribution in [2.75, 3.05) is 23.4 Å². The van der Waals surface area contributed by atoms with Crippen LogP contribution in [0.1, 0.15) is 17.5 Å². The molecule has 1 aliphatic rings. The first kappa shape index (κ1) is 18.6. The number of hydrogen-bond acceptors (Lipinski definition) is 4. The number of amides is 2. The van der Waals surface area contributed by atoms with E-state index in [-0.39, 0.29) is 25.5 Å². The quantitative estimate of drug-likeness (QED) is 0.826. The van der Waals surface area contributed by atoms with Crippen LogP contribution in [0.15, 0.2) is 48.5 Å². The molecule has 3 rings (SSSR count). The first-order chi connectivity index (χ1) is 12.9. The number of hydrogen-bond donors (Lipinski definition) is 1. The fourth-order valence-corrected chi connectivity index (χ4v) is 2.99. The van der Waals surface area contributed by atoms with Crippen molar-refractivity contribution in [1.29, 1.82) is 0 Å². The molecule has 27 heavy (non-hydrogen) atoms. The van der Waals surface area contributed by atoms with Crippen LogP contribution in [0.5, 0.6) is 0 Å². The number of carbonyl (C=O) groups excluding carboxylic acids is 3. The zero-order valence-electron chi connectivity index (χ0n) is 15.4. The number of aryl methyl sites for hydroxylation is 2. The molecule has 1 fully saturated rings. The highest BCUT2D eigenvalue weighted by atomic mass is 16.5. The first-order valence-corrected chi connectivity index (χ1v) is 8.83. The van der Waals surface area contributed by atoms with Gasteiger partial charge < -0.3 is 15.0 Å². The van der Waals surface area contributed by atoms with Gasteiger partial charge in [0.15, 0.2) is 6.61 Å². The molecule has 1 N–H and O–H groups in total. The number of carbonyl (C=O) groups is 3. The monoisotopic (exact) mass is 366 g/mol. The number of ether oxygens (including phenoxy) is 1. The zero-order chi connectivity index (χ0) is 19.4. The van der Waals surface area contributed by atoms with Crippen molar-refractivity contribution >= 4 is 29.2 Å². The third kappa shape index (κ3) is 4.53. The fourth-order valence-electron chi connectivity index (χ4n) is 2.99. The molecule has 0 radical (unpaired) electrons. The Morgan fingerprint density at radius 1 is 1.11 bits per heavy atom. The summed E-state index contributed by atoms with van der Waals surface area (Å²) in [5.74, 6) is -1.62. The summed E-state index contributed by atoms with van der Waals surface area (Å²) < 4.78 is 5.12. The Kier molecular flexibility index (Phi) is 5.54. The van der Waals surface area contributed by atoms with Gasteiger partial charge in [-0.25, -0.2) is 0 Å². The molecule has 0 bridgehead atoms. The van der Waals surface area contributed by atoms with Gasteiger partial charge in [-0.05, 0) is 37.6 Å². The lowest BCUT2D eigenvalue weighted by Gasteiger charge is -2.16. The standard InChI is InChI=1S/C21H22N2O4/c1-14-7-9-17(10-8-14)23-12-16(11-20(23)25)21(26)27-13-19(24)22-18-6-4-3-5-15(18)2/h3-10,16H,11-13H2,1-2H3,(H,22,24)/t16-/m1/s1. The average Bonchev–Trinajstić information content (AvgIpc) is 3.04. The number of esters is 1. The molecule has 1 aliphatic heterocycles. The number of rotatable bonds is 5. The molecule has 140 valence electrons. The molecule has 6 heteroatoms. The van der Waals surface area contributed by atoms with E-state index in [1.54, 1.807) is 11.0 Å². The number of anilines is 2. The van der Waals surface area contributed by atoms with E-state index in [0.29, 0.717) is 5.69 Å². The van der Waals surface area contributed by atoms with Crippen LogP contribution in [0.3, 0.4) is 0 Å².